The van der Waals surface area contributed by atoms with Gasteiger partial charge in [0.15, 0.2) is 0 Å². The lowest BCUT2D eigenvalue weighted by Crippen LogP contribution is -2.12. The Kier molecular flexibility index (Phi) is 7.05. The molecule has 0 saturated heterocycles. The second kappa shape index (κ2) is 8.57. The van der Waals surface area contributed by atoms with Crippen LogP contribution in [0.25, 0.3) is 21.0 Å². The summed E-state index contributed by atoms with van der Waals surface area (Å²) < 4.78 is 0. The molecule has 0 radical (unpaired) electrons. The van der Waals surface area contributed by atoms with Crippen molar-refractivity contribution in [2.45, 2.75) is 0 Å². The summed E-state index contributed by atoms with van der Waals surface area (Å²) in [7, 11) is 0. The van der Waals surface area contributed by atoms with Crippen LogP contribution in [0.2, 0.25) is 0 Å². The van der Waals surface area contributed by atoms with Gasteiger partial charge in [0.05, 0.1) is 4.88 Å². The Bertz CT molecular complexity index is 802. The normalized spacial score (nSPS) is 9.60. The molecule has 0 saturated carbocycles. The van der Waals surface area contributed by atoms with E-state index in [1.165, 1.54) is 0 Å². The molecule has 0 spiro atoms. The maximum Gasteiger partial charge on any atom is 0.141 e. The molecule has 2 aromatic heterocycles. The molecule has 2 heterocycles. The zero-order chi connectivity index (χ0) is 16.4. The summed E-state index contributed by atoms with van der Waals surface area (Å²) in [5.74, 6) is 0.000109. The average Bonchev–Trinajstić information content (AvgIpc) is 3.05. The van der Waals surface area contributed by atoms with Crippen LogP contribution in [0.1, 0.15) is 11.3 Å². The second-order valence-corrected chi connectivity index (χ2v) is 5.90. The van der Waals surface area contributed by atoms with E-state index in [9.17, 15) is 0 Å². The number of nitrogens with two attached hydrogens (primary N) is 2. The lowest BCUT2D eigenvalue weighted by molar-refractivity contribution is 1.26. The number of nitrogens with zero attached hydrogens (tertiary/aromatic N) is 2. The first-order chi connectivity index (χ1) is 11.0. The molecule has 9 heteroatoms. The van der Waals surface area contributed by atoms with Crippen molar-refractivity contribution >= 4 is 47.8 Å². The Morgan fingerprint density at radius 1 is 0.800 bits per heavy atom. The molecule has 0 aliphatic heterocycles. The molecule has 0 unspecified atom stereocenters. The quantitative estimate of drug-likeness (QED) is 0.399. The average molecular weight is 395 g/mol. The molecule has 3 aromatic rings. The first kappa shape index (κ1) is 20.6. The summed E-state index contributed by atoms with van der Waals surface area (Å²) in [6.07, 6.45) is 3.48. The first-order valence-electron chi connectivity index (χ1n) is 6.76. The molecular weight excluding hydrogens is 379 g/mol. The van der Waals surface area contributed by atoms with Gasteiger partial charge in [-0.25, -0.2) is 4.98 Å². The van der Waals surface area contributed by atoms with Crippen LogP contribution in [0, 0.1) is 10.8 Å². The van der Waals surface area contributed by atoms with E-state index in [0.717, 1.165) is 21.0 Å². The summed E-state index contributed by atoms with van der Waals surface area (Å²) in [5, 5.41) is 15.6. The minimum absolute atomic E-state index is 0. The highest BCUT2D eigenvalue weighted by atomic mass is 35.5. The minimum atomic E-state index is -0.0490. The van der Waals surface area contributed by atoms with E-state index in [1.54, 1.807) is 29.8 Å². The summed E-state index contributed by atoms with van der Waals surface area (Å²) >= 11 is 1.55. The Morgan fingerprint density at radius 2 is 1.44 bits per heavy atom. The number of rotatable bonds is 4. The molecule has 25 heavy (non-hydrogen) atoms. The van der Waals surface area contributed by atoms with E-state index < -0.39 is 0 Å². The monoisotopic (exact) mass is 394 g/mol. The fourth-order valence-corrected chi connectivity index (χ4v) is 2.94. The van der Waals surface area contributed by atoms with Crippen molar-refractivity contribution in [2.24, 2.45) is 11.5 Å². The number of benzene rings is 1. The number of hydrogen-bond acceptors (Lipinski definition) is 5. The summed E-state index contributed by atoms with van der Waals surface area (Å²) in [4.78, 5) is 9.58. The van der Waals surface area contributed by atoms with Crippen molar-refractivity contribution in [3.05, 3.63) is 60.0 Å². The van der Waals surface area contributed by atoms with Gasteiger partial charge in [-0.3, -0.25) is 15.8 Å². The summed E-state index contributed by atoms with van der Waals surface area (Å²) in [6.45, 7) is 0. The topological polar surface area (TPSA) is 126 Å². The molecule has 6 N–H and O–H groups in total. The molecule has 0 aliphatic carbocycles. The van der Waals surface area contributed by atoms with Gasteiger partial charge in [-0.15, -0.1) is 36.2 Å². The number of pyridine rings is 1. The van der Waals surface area contributed by atoms with Crippen LogP contribution in [-0.4, -0.2) is 21.6 Å². The molecule has 1 aromatic carbocycles. The van der Waals surface area contributed by atoms with Gasteiger partial charge < -0.3 is 11.5 Å². The van der Waals surface area contributed by atoms with Gasteiger partial charge in [0.1, 0.15) is 22.4 Å². The molecular formula is C16H16Cl2N6S. The smallest absolute Gasteiger partial charge is 0.141 e. The third kappa shape index (κ3) is 4.54. The Hall–Kier alpha value is -2.48. The van der Waals surface area contributed by atoms with Crippen molar-refractivity contribution in [3.8, 4) is 21.0 Å². The number of hydrogen-bond donors (Lipinski definition) is 4. The van der Waals surface area contributed by atoms with Crippen LogP contribution in [-0.2, 0) is 0 Å². The lowest BCUT2D eigenvalue weighted by Gasteiger charge is -2.00. The van der Waals surface area contributed by atoms with E-state index in [1.807, 2.05) is 30.3 Å². The molecule has 6 nitrogen and oxygen atoms in total. The molecule has 0 fully saturated rings. The first-order valence-corrected chi connectivity index (χ1v) is 7.58. The maximum absolute atomic E-state index is 7.41. The fraction of sp³-hybridized carbons (Fsp3) is 0. The van der Waals surface area contributed by atoms with Gasteiger partial charge >= 0.3 is 0 Å². The van der Waals surface area contributed by atoms with Gasteiger partial charge in [-0.05, 0) is 12.1 Å². The van der Waals surface area contributed by atoms with Gasteiger partial charge in [0.2, 0.25) is 0 Å². The number of aromatic nitrogens is 2. The van der Waals surface area contributed by atoms with Gasteiger partial charge in [-0.2, -0.15) is 0 Å². The van der Waals surface area contributed by atoms with Crippen LogP contribution in [0.15, 0.2) is 48.8 Å². The highest BCUT2D eigenvalue weighted by Crippen LogP contribution is 2.31. The predicted molar refractivity (Wildman–Crippen MR) is 107 cm³/mol. The van der Waals surface area contributed by atoms with E-state index in [4.69, 9.17) is 22.3 Å². The number of thiazole rings is 1. The number of nitrogens with one attached hydrogen (secondary N) is 2. The zero-order valence-corrected chi connectivity index (χ0v) is 15.3. The van der Waals surface area contributed by atoms with Crippen molar-refractivity contribution in [3.63, 3.8) is 0 Å². The Balaban J connectivity index is 0.00000156. The molecule has 130 valence electrons. The molecule has 0 bridgehead atoms. The highest BCUT2D eigenvalue weighted by Gasteiger charge is 2.08. The summed E-state index contributed by atoms with van der Waals surface area (Å²) in [6, 6.07) is 11.0. The minimum Gasteiger partial charge on any atom is -0.384 e. The van der Waals surface area contributed by atoms with Crippen molar-refractivity contribution in [2.75, 3.05) is 0 Å². The van der Waals surface area contributed by atoms with Crippen molar-refractivity contribution in [1.29, 1.82) is 10.8 Å². The SMILES string of the molecule is Cl.Cl.N=C(N)c1ccc(-c2ncc(-c3ccc(C(=N)N)nc3)s2)cc1. The van der Waals surface area contributed by atoms with E-state index >= 15 is 0 Å². The van der Waals surface area contributed by atoms with Gasteiger partial charge in [0, 0.05) is 29.1 Å². The van der Waals surface area contributed by atoms with Gasteiger partial charge in [0.25, 0.3) is 0 Å². The number of halogens is 2. The van der Waals surface area contributed by atoms with Crippen molar-refractivity contribution in [1.82, 2.24) is 9.97 Å². The lowest BCUT2D eigenvalue weighted by atomic mass is 10.1. The van der Waals surface area contributed by atoms with E-state index in [0.29, 0.717) is 11.3 Å². The maximum atomic E-state index is 7.41. The van der Waals surface area contributed by atoms with Crippen molar-refractivity contribution < 1.29 is 0 Å². The number of nitrogen functional groups attached to an aromatic ring is 2. The Labute approximate surface area is 161 Å². The fourth-order valence-electron chi connectivity index (χ4n) is 2.03. The molecule has 0 atom stereocenters. The predicted octanol–water partition coefficient (Wildman–Crippen LogP) is 3.28. The van der Waals surface area contributed by atoms with Crippen LogP contribution in [0.3, 0.4) is 0 Å². The highest BCUT2D eigenvalue weighted by molar-refractivity contribution is 7.18. The Morgan fingerprint density at radius 3 is 1.96 bits per heavy atom. The molecule has 3 rings (SSSR count). The van der Waals surface area contributed by atoms with Crippen LogP contribution < -0.4 is 11.5 Å². The molecule has 0 aliphatic rings. The third-order valence-electron chi connectivity index (χ3n) is 3.27. The van der Waals surface area contributed by atoms with E-state index in [2.05, 4.69) is 9.97 Å². The van der Waals surface area contributed by atoms with E-state index in [-0.39, 0.29) is 36.5 Å². The molecule has 0 amide bonds. The third-order valence-corrected chi connectivity index (χ3v) is 4.37. The largest absolute Gasteiger partial charge is 0.384 e. The van der Waals surface area contributed by atoms with Crippen LogP contribution >= 0.6 is 36.2 Å². The standard InChI is InChI=1S/C16H14N6S.2ClH/c17-14(18)9-1-3-10(4-2-9)16-22-8-13(23-16)11-5-6-12(15(19)20)21-7-11;;/h1-8H,(H3,17,18)(H3,19,20);2*1H. The second-order valence-electron chi connectivity index (χ2n) is 4.87. The summed E-state index contributed by atoms with van der Waals surface area (Å²) in [5.41, 5.74) is 13.9. The number of amidine groups is 2. The van der Waals surface area contributed by atoms with Crippen LogP contribution in [0.5, 0.6) is 0 Å². The zero-order valence-electron chi connectivity index (χ0n) is 12.9. The van der Waals surface area contributed by atoms with Crippen LogP contribution in [0.4, 0.5) is 0 Å². The van der Waals surface area contributed by atoms with Gasteiger partial charge in [-0.1, -0.05) is 24.3 Å².